The molecule has 2 nitrogen and oxygen atoms in total. The van der Waals surface area contributed by atoms with Crippen molar-refractivity contribution in [2.75, 3.05) is 6.54 Å². The maximum atomic E-state index is 12.3. The minimum atomic E-state index is 0.306. The summed E-state index contributed by atoms with van der Waals surface area (Å²) in [5, 5.41) is 0. The van der Waals surface area contributed by atoms with Crippen molar-refractivity contribution in [1.29, 1.82) is 0 Å². The molecular weight excluding hydrogens is 210 g/mol. The Morgan fingerprint density at radius 1 is 1.24 bits per heavy atom. The number of hydrogen-bond donors (Lipinski definition) is 1. The zero-order chi connectivity index (χ0) is 12.1. The number of Topliss-reactive ketones (excluding diaryl/α,β-unsaturated/α-hetero) is 1. The third-order valence-corrected chi connectivity index (χ3v) is 3.68. The Morgan fingerprint density at radius 3 is 2.65 bits per heavy atom. The summed E-state index contributed by atoms with van der Waals surface area (Å²) in [4.78, 5) is 12.3. The summed E-state index contributed by atoms with van der Waals surface area (Å²) in [6, 6.07) is 7.90. The predicted molar refractivity (Wildman–Crippen MR) is 70.1 cm³/mol. The maximum Gasteiger partial charge on any atom is 0.163 e. The lowest BCUT2D eigenvalue weighted by atomic mass is 9.93. The number of carbonyl (C=O) groups is 1. The molecule has 1 aromatic rings. The van der Waals surface area contributed by atoms with Gasteiger partial charge in [0.25, 0.3) is 0 Å². The van der Waals surface area contributed by atoms with Crippen LogP contribution < -0.4 is 5.73 Å². The molecule has 0 saturated heterocycles. The number of nitrogens with two attached hydrogens (primary N) is 1. The van der Waals surface area contributed by atoms with Crippen molar-refractivity contribution >= 4 is 5.78 Å². The van der Waals surface area contributed by atoms with Gasteiger partial charge in [-0.15, -0.1) is 0 Å². The van der Waals surface area contributed by atoms with Crippen molar-refractivity contribution in [1.82, 2.24) is 0 Å². The monoisotopic (exact) mass is 231 g/mol. The van der Waals surface area contributed by atoms with Crippen LogP contribution in [0.15, 0.2) is 24.3 Å². The Morgan fingerprint density at radius 2 is 1.94 bits per heavy atom. The molecule has 0 unspecified atom stereocenters. The fourth-order valence-electron chi connectivity index (χ4n) is 2.75. The molecule has 2 N–H and O–H groups in total. The summed E-state index contributed by atoms with van der Waals surface area (Å²) in [7, 11) is 0. The van der Waals surface area contributed by atoms with Gasteiger partial charge >= 0.3 is 0 Å². The molecule has 0 aromatic heterocycles. The molecule has 17 heavy (non-hydrogen) atoms. The molecule has 0 heterocycles. The Balaban J connectivity index is 2.06. The Kier molecular flexibility index (Phi) is 4.32. The summed E-state index contributed by atoms with van der Waals surface area (Å²) in [6.45, 7) is 0.605. The topological polar surface area (TPSA) is 43.1 Å². The fraction of sp³-hybridized carbons (Fsp3) is 0.533. The van der Waals surface area contributed by atoms with Crippen LogP contribution in [0.25, 0.3) is 0 Å². The molecule has 1 aliphatic carbocycles. The third-order valence-electron chi connectivity index (χ3n) is 3.68. The van der Waals surface area contributed by atoms with E-state index < -0.39 is 0 Å². The molecular formula is C15H21NO. The van der Waals surface area contributed by atoms with Gasteiger partial charge in [0.15, 0.2) is 5.78 Å². The van der Waals surface area contributed by atoms with E-state index in [0.29, 0.717) is 18.2 Å². The van der Waals surface area contributed by atoms with E-state index in [1.165, 1.54) is 25.7 Å². The van der Waals surface area contributed by atoms with Gasteiger partial charge in [0.05, 0.1) is 0 Å². The van der Waals surface area contributed by atoms with Gasteiger partial charge in [0.2, 0.25) is 0 Å². The number of hydrogen-bond acceptors (Lipinski definition) is 2. The average Bonchev–Trinajstić information content (AvgIpc) is 2.83. The Bertz CT molecular complexity index is 380. The van der Waals surface area contributed by atoms with Gasteiger partial charge in [-0.3, -0.25) is 4.79 Å². The summed E-state index contributed by atoms with van der Waals surface area (Å²) < 4.78 is 0. The van der Waals surface area contributed by atoms with Gasteiger partial charge in [-0.2, -0.15) is 0 Å². The van der Waals surface area contributed by atoms with Crippen LogP contribution in [0.3, 0.4) is 0 Å². The Labute approximate surface area is 103 Å². The Hall–Kier alpha value is -1.15. The van der Waals surface area contributed by atoms with Gasteiger partial charge in [0, 0.05) is 12.0 Å². The third kappa shape index (κ3) is 3.16. The molecule has 92 valence electrons. The van der Waals surface area contributed by atoms with Gasteiger partial charge in [-0.25, -0.2) is 0 Å². The largest absolute Gasteiger partial charge is 0.330 e. The lowest BCUT2D eigenvalue weighted by Gasteiger charge is -2.11. The normalized spacial score (nSPS) is 16.3. The van der Waals surface area contributed by atoms with Gasteiger partial charge in [-0.1, -0.05) is 49.9 Å². The first-order chi connectivity index (χ1) is 8.31. The van der Waals surface area contributed by atoms with Crippen LogP contribution in [0.2, 0.25) is 0 Å². The van der Waals surface area contributed by atoms with E-state index in [1.54, 1.807) is 0 Å². The first-order valence-corrected chi connectivity index (χ1v) is 6.62. The fourth-order valence-corrected chi connectivity index (χ4v) is 2.75. The number of carbonyl (C=O) groups excluding carboxylic acids is 1. The van der Waals surface area contributed by atoms with Gasteiger partial charge in [0.1, 0.15) is 0 Å². The first kappa shape index (κ1) is 12.3. The molecule has 2 heteroatoms. The molecule has 0 spiro atoms. The quantitative estimate of drug-likeness (QED) is 0.792. The molecule has 1 aliphatic rings. The molecule has 0 amide bonds. The van der Waals surface area contributed by atoms with Crippen LogP contribution in [0.4, 0.5) is 0 Å². The highest BCUT2D eigenvalue weighted by molar-refractivity contribution is 5.97. The van der Waals surface area contributed by atoms with Crippen LogP contribution in [0.1, 0.15) is 48.0 Å². The molecule has 1 aromatic carbocycles. The molecule has 0 bridgehead atoms. The average molecular weight is 231 g/mol. The highest BCUT2D eigenvalue weighted by atomic mass is 16.1. The van der Waals surface area contributed by atoms with Crippen LogP contribution in [0, 0.1) is 5.92 Å². The van der Waals surface area contributed by atoms with Gasteiger partial charge < -0.3 is 5.73 Å². The van der Waals surface area contributed by atoms with Crippen molar-refractivity contribution in [3.63, 3.8) is 0 Å². The first-order valence-electron chi connectivity index (χ1n) is 6.62. The van der Waals surface area contributed by atoms with E-state index in [2.05, 4.69) is 0 Å². The van der Waals surface area contributed by atoms with E-state index >= 15 is 0 Å². The molecule has 1 saturated carbocycles. The van der Waals surface area contributed by atoms with Crippen molar-refractivity contribution < 1.29 is 4.79 Å². The summed E-state index contributed by atoms with van der Waals surface area (Å²) in [5.74, 6) is 0.925. The summed E-state index contributed by atoms with van der Waals surface area (Å²) in [5.41, 5.74) is 7.58. The number of ketones is 1. The predicted octanol–water partition coefficient (Wildman–Crippen LogP) is 2.95. The molecule has 0 atom stereocenters. The number of benzene rings is 1. The zero-order valence-corrected chi connectivity index (χ0v) is 10.3. The van der Waals surface area contributed by atoms with E-state index in [0.717, 1.165) is 24.0 Å². The molecule has 2 rings (SSSR count). The van der Waals surface area contributed by atoms with E-state index in [-0.39, 0.29) is 0 Å². The summed E-state index contributed by atoms with van der Waals surface area (Å²) in [6.07, 6.45) is 6.56. The van der Waals surface area contributed by atoms with Crippen molar-refractivity contribution in [3.05, 3.63) is 35.4 Å². The minimum Gasteiger partial charge on any atom is -0.330 e. The zero-order valence-electron chi connectivity index (χ0n) is 10.3. The van der Waals surface area contributed by atoms with Crippen molar-refractivity contribution in [2.24, 2.45) is 11.7 Å². The standard InChI is InChI=1S/C15H21NO/c16-10-9-13-7-3-4-8-14(13)15(17)11-12-5-1-2-6-12/h3-4,7-8,12H,1-2,5-6,9-11,16H2. The van der Waals surface area contributed by atoms with Crippen LogP contribution in [-0.2, 0) is 6.42 Å². The number of rotatable bonds is 5. The van der Waals surface area contributed by atoms with Crippen LogP contribution in [0.5, 0.6) is 0 Å². The minimum absolute atomic E-state index is 0.306. The SMILES string of the molecule is NCCc1ccccc1C(=O)CC1CCCC1. The maximum absolute atomic E-state index is 12.3. The molecule has 0 aliphatic heterocycles. The lowest BCUT2D eigenvalue weighted by Crippen LogP contribution is -2.11. The second-order valence-electron chi connectivity index (χ2n) is 4.97. The van der Waals surface area contributed by atoms with E-state index in [9.17, 15) is 4.79 Å². The van der Waals surface area contributed by atoms with Crippen LogP contribution in [-0.4, -0.2) is 12.3 Å². The van der Waals surface area contributed by atoms with E-state index in [1.807, 2.05) is 24.3 Å². The van der Waals surface area contributed by atoms with Crippen LogP contribution >= 0.6 is 0 Å². The highest BCUT2D eigenvalue weighted by Crippen LogP contribution is 2.29. The molecule has 0 radical (unpaired) electrons. The van der Waals surface area contributed by atoms with E-state index in [4.69, 9.17) is 5.73 Å². The lowest BCUT2D eigenvalue weighted by molar-refractivity contribution is 0.0961. The highest BCUT2D eigenvalue weighted by Gasteiger charge is 2.20. The smallest absolute Gasteiger partial charge is 0.163 e. The molecule has 1 fully saturated rings. The van der Waals surface area contributed by atoms with Crippen molar-refractivity contribution in [2.45, 2.75) is 38.5 Å². The summed E-state index contributed by atoms with van der Waals surface area (Å²) >= 11 is 0. The second kappa shape index (κ2) is 5.97. The van der Waals surface area contributed by atoms with Gasteiger partial charge in [-0.05, 0) is 24.4 Å². The second-order valence-corrected chi connectivity index (χ2v) is 4.97. The van der Waals surface area contributed by atoms with Crippen molar-refractivity contribution in [3.8, 4) is 0 Å².